The number of nitrogens with zero attached hydrogens (tertiary/aromatic N) is 7. The summed E-state index contributed by atoms with van der Waals surface area (Å²) in [5, 5.41) is 9.28. The Balaban J connectivity index is 1.11. The minimum Gasteiger partial charge on any atom is -0.483 e. The number of amides is 1. The standard InChI is InChI=1S/C26H26ClN7O3/c1-26(2)14-17-4-3-5-20(23(17)37-26)36-15-21(35)32-10-12-33(13-11-32)24-22-25(29-16-28-24)34(31-30-22)19-8-6-18(27)7-9-19/h3-9,16H,10-15H2,1-2H3. The molecular formula is C26H26ClN7O3. The summed E-state index contributed by atoms with van der Waals surface area (Å²) in [6, 6.07) is 13.1. The van der Waals surface area contributed by atoms with E-state index in [-0.39, 0.29) is 18.1 Å². The van der Waals surface area contributed by atoms with Gasteiger partial charge in [-0.15, -0.1) is 5.10 Å². The van der Waals surface area contributed by atoms with Crippen molar-refractivity contribution >= 4 is 34.5 Å². The Morgan fingerprint density at radius 3 is 2.65 bits per heavy atom. The Morgan fingerprint density at radius 1 is 1.08 bits per heavy atom. The lowest BCUT2D eigenvalue weighted by Crippen LogP contribution is -2.50. The molecule has 10 nitrogen and oxygen atoms in total. The Bertz CT molecular complexity index is 1460. The van der Waals surface area contributed by atoms with Crippen molar-refractivity contribution in [3.63, 3.8) is 0 Å². The number of piperazine rings is 1. The molecule has 1 saturated heterocycles. The molecule has 4 heterocycles. The maximum absolute atomic E-state index is 12.9. The third-order valence-electron chi connectivity index (χ3n) is 6.63. The smallest absolute Gasteiger partial charge is 0.260 e. The molecule has 37 heavy (non-hydrogen) atoms. The summed E-state index contributed by atoms with van der Waals surface area (Å²) in [5.74, 6) is 2.00. The van der Waals surface area contributed by atoms with Gasteiger partial charge in [-0.05, 0) is 44.2 Å². The van der Waals surface area contributed by atoms with Gasteiger partial charge in [0.15, 0.2) is 35.1 Å². The van der Waals surface area contributed by atoms with Gasteiger partial charge < -0.3 is 19.3 Å². The molecule has 2 aliphatic heterocycles. The van der Waals surface area contributed by atoms with Crippen LogP contribution in [0.2, 0.25) is 5.02 Å². The Hall–Kier alpha value is -3.92. The van der Waals surface area contributed by atoms with Crippen LogP contribution in [0.25, 0.3) is 16.9 Å². The number of para-hydroxylation sites is 1. The zero-order valence-electron chi connectivity index (χ0n) is 20.6. The van der Waals surface area contributed by atoms with Gasteiger partial charge in [0.1, 0.15) is 11.9 Å². The van der Waals surface area contributed by atoms with Gasteiger partial charge in [-0.2, -0.15) is 4.68 Å². The highest BCUT2D eigenvalue weighted by Crippen LogP contribution is 2.41. The first-order valence-corrected chi connectivity index (χ1v) is 12.5. The maximum Gasteiger partial charge on any atom is 0.260 e. The predicted molar refractivity (Wildman–Crippen MR) is 139 cm³/mol. The molecule has 0 saturated carbocycles. The number of rotatable bonds is 5. The number of carbonyl (C=O) groups excluding carboxylic acids is 1. The van der Waals surface area contributed by atoms with Gasteiger partial charge in [0.05, 0.1) is 5.69 Å². The van der Waals surface area contributed by atoms with Crippen LogP contribution in [0, 0.1) is 0 Å². The van der Waals surface area contributed by atoms with Crippen molar-refractivity contribution in [1.29, 1.82) is 0 Å². The number of anilines is 1. The van der Waals surface area contributed by atoms with Crippen molar-refractivity contribution in [3.05, 3.63) is 59.4 Å². The molecule has 2 aliphatic rings. The van der Waals surface area contributed by atoms with Crippen LogP contribution in [0.4, 0.5) is 5.82 Å². The SMILES string of the molecule is CC1(C)Cc2cccc(OCC(=O)N3CCN(c4ncnc5c4nnn5-c4ccc(Cl)cc4)CC3)c2O1. The molecule has 4 aromatic rings. The summed E-state index contributed by atoms with van der Waals surface area (Å²) < 4.78 is 13.6. The number of fused-ring (bicyclic) bond motifs is 2. The van der Waals surface area contributed by atoms with Crippen LogP contribution in [-0.4, -0.2) is 74.2 Å². The highest BCUT2D eigenvalue weighted by Gasteiger charge is 2.32. The Morgan fingerprint density at radius 2 is 1.86 bits per heavy atom. The van der Waals surface area contributed by atoms with Crippen molar-refractivity contribution in [2.45, 2.75) is 25.9 Å². The normalized spacial score (nSPS) is 16.5. The highest BCUT2D eigenvalue weighted by molar-refractivity contribution is 6.30. The number of aromatic nitrogens is 5. The number of hydrogen-bond acceptors (Lipinski definition) is 8. The average molecular weight is 520 g/mol. The number of halogens is 1. The maximum atomic E-state index is 12.9. The molecule has 0 spiro atoms. The van der Waals surface area contributed by atoms with Crippen molar-refractivity contribution in [2.24, 2.45) is 0 Å². The Labute approximate surface area is 218 Å². The van der Waals surface area contributed by atoms with Crippen LogP contribution in [0.3, 0.4) is 0 Å². The lowest BCUT2D eigenvalue weighted by molar-refractivity contribution is -0.133. The third kappa shape index (κ3) is 4.53. The van der Waals surface area contributed by atoms with E-state index in [1.165, 1.54) is 6.33 Å². The van der Waals surface area contributed by atoms with E-state index in [0.29, 0.717) is 53.9 Å². The van der Waals surface area contributed by atoms with Crippen LogP contribution in [-0.2, 0) is 11.2 Å². The van der Waals surface area contributed by atoms with Gasteiger partial charge in [0, 0.05) is 43.2 Å². The van der Waals surface area contributed by atoms with E-state index in [4.69, 9.17) is 21.1 Å². The number of ether oxygens (including phenoxy) is 2. The minimum atomic E-state index is -0.269. The molecule has 1 amide bonds. The van der Waals surface area contributed by atoms with E-state index in [0.717, 1.165) is 23.4 Å². The molecule has 11 heteroatoms. The van der Waals surface area contributed by atoms with Crippen molar-refractivity contribution < 1.29 is 14.3 Å². The molecule has 190 valence electrons. The fraction of sp³-hybridized carbons (Fsp3) is 0.346. The summed E-state index contributed by atoms with van der Waals surface area (Å²) in [4.78, 5) is 25.7. The molecule has 2 aromatic heterocycles. The van der Waals surface area contributed by atoms with E-state index >= 15 is 0 Å². The second-order valence-corrected chi connectivity index (χ2v) is 10.2. The van der Waals surface area contributed by atoms with E-state index in [1.54, 1.807) is 16.8 Å². The second-order valence-electron chi connectivity index (χ2n) is 9.79. The van der Waals surface area contributed by atoms with Crippen LogP contribution >= 0.6 is 11.6 Å². The molecule has 0 N–H and O–H groups in total. The third-order valence-corrected chi connectivity index (χ3v) is 6.88. The zero-order chi connectivity index (χ0) is 25.6. The Kier molecular flexibility index (Phi) is 5.83. The first kappa shape index (κ1) is 23.5. The van der Waals surface area contributed by atoms with E-state index < -0.39 is 0 Å². The number of benzene rings is 2. The molecule has 6 rings (SSSR count). The zero-order valence-corrected chi connectivity index (χ0v) is 21.4. The molecule has 0 aliphatic carbocycles. The molecule has 0 atom stereocenters. The molecule has 2 aromatic carbocycles. The average Bonchev–Trinajstić information content (AvgIpc) is 3.47. The van der Waals surface area contributed by atoms with Gasteiger partial charge in [-0.1, -0.05) is 28.9 Å². The molecule has 0 radical (unpaired) electrons. The van der Waals surface area contributed by atoms with Crippen LogP contribution in [0.5, 0.6) is 11.5 Å². The number of hydrogen-bond donors (Lipinski definition) is 0. The topological polar surface area (TPSA) is 98.5 Å². The van der Waals surface area contributed by atoms with Gasteiger partial charge in [-0.25, -0.2) is 9.97 Å². The molecule has 1 fully saturated rings. The van der Waals surface area contributed by atoms with E-state index in [1.807, 2.05) is 49.1 Å². The van der Waals surface area contributed by atoms with Crippen molar-refractivity contribution in [1.82, 2.24) is 29.9 Å². The van der Waals surface area contributed by atoms with Crippen LogP contribution in [0.15, 0.2) is 48.8 Å². The first-order valence-electron chi connectivity index (χ1n) is 12.2. The van der Waals surface area contributed by atoms with Crippen LogP contribution < -0.4 is 14.4 Å². The summed E-state index contributed by atoms with van der Waals surface area (Å²) >= 11 is 6.02. The summed E-state index contributed by atoms with van der Waals surface area (Å²) in [7, 11) is 0. The lowest BCUT2D eigenvalue weighted by atomic mass is 10.0. The quantitative estimate of drug-likeness (QED) is 0.396. The van der Waals surface area contributed by atoms with Gasteiger partial charge in [0.25, 0.3) is 5.91 Å². The molecule has 0 unspecified atom stereocenters. The fourth-order valence-corrected chi connectivity index (χ4v) is 4.95. The van der Waals surface area contributed by atoms with Crippen LogP contribution in [0.1, 0.15) is 19.4 Å². The van der Waals surface area contributed by atoms with E-state index in [2.05, 4.69) is 25.2 Å². The van der Waals surface area contributed by atoms with Gasteiger partial charge >= 0.3 is 0 Å². The summed E-state index contributed by atoms with van der Waals surface area (Å²) in [6.45, 7) is 6.39. The monoisotopic (exact) mass is 519 g/mol. The molecular weight excluding hydrogens is 494 g/mol. The van der Waals surface area contributed by atoms with Gasteiger partial charge in [0.2, 0.25) is 0 Å². The lowest BCUT2D eigenvalue weighted by Gasteiger charge is -2.35. The summed E-state index contributed by atoms with van der Waals surface area (Å²) in [6.07, 6.45) is 2.33. The van der Waals surface area contributed by atoms with Crippen molar-refractivity contribution in [2.75, 3.05) is 37.7 Å². The van der Waals surface area contributed by atoms with E-state index in [9.17, 15) is 4.79 Å². The molecule has 0 bridgehead atoms. The van der Waals surface area contributed by atoms with Crippen molar-refractivity contribution in [3.8, 4) is 17.2 Å². The minimum absolute atomic E-state index is 0.0343. The fourth-order valence-electron chi connectivity index (χ4n) is 4.82. The first-order chi connectivity index (χ1) is 17.9. The number of carbonyl (C=O) groups is 1. The largest absolute Gasteiger partial charge is 0.483 e. The summed E-state index contributed by atoms with van der Waals surface area (Å²) in [5.41, 5.74) is 2.87. The second kappa shape index (κ2) is 9.19. The highest BCUT2D eigenvalue weighted by atomic mass is 35.5. The predicted octanol–water partition coefficient (Wildman–Crippen LogP) is 3.31. The van der Waals surface area contributed by atoms with Gasteiger partial charge in [-0.3, -0.25) is 4.79 Å².